The SMILES string of the molecule is C#CC(CCC)NS(=O)(=O)c1ccc(CC(=O)O)s1. The van der Waals surface area contributed by atoms with E-state index in [0.29, 0.717) is 11.3 Å². The van der Waals surface area contributed by atoms with E-state index in [1.807, 2.05) is 6.92 Å². The van der Waals surface area contributed by atoms with Gasteiger partial charge in [-0.15, -0.1) is 17.8 Å². The van der Waals surface area contributed by atoms with E-state index >= 15 is 0 Å². The maximum Gasteiger partial charge on any atom is 0.308 e. The molecular weight excluding hydrogens is 286 g/mol. The Morgan fingerprint density at radius 1 is 1.58 bits per heavy atom. The topological polar surface area (TPSA) is 83.5 Å². The number of carbonyl (C=O) groups is 1. The lowest BCUT2D eigenvalue weighted by atomic mass is 10.2. The van der Waals surface area contributed by atoms with Crippen molar-refractivity contribution in [3.63, 3.8) is 0 Å². The third-order valence-electron chi connectivity index (χ3n) is 2.30. The molecule has 1 heterocycles. The molecule has 104 valence electrons. The first-order valence-electron chi connectivity index (χ1n) is 5.68. The molecule has 0 aliphatic heterocycles. The highest BCUT2D eigenvalue weighted by Crippen LogP contribution is 2.22. The van der Waals surface area contributed by atoms with Gasteiger partial charge in [0.1, 0.15) is 4.21 Å². The van der Waals surface area contributed by atoms with E-state index in [-0.39, 0.29) is 10.6 Å². The number of carboxylic acids is 1. The summed E-state index contributed by atoms with van der Waals surface area (Å²) in [6.45, 7) is 1.91. The van der Waals surface area contributed by atoms with Gasteiger partial charge in [0.2, 0.25) is 0 Å². The number of aliphatic carboxylic acids is 1. The van der Waals surface area contributed by atoms with Gasteiger partial charge < -0.3 is 5.11 Å². The molecule has 0 radical (unpaired) electrons. The highest BCUT2D eigenvalue weighted by Gasteiger charge is 2.20. The highest BCUT2D eigenvalue weighted by molar-refractivity contribution is 7.91. The number of thiophene rings is 1. The van der Waals surface area contributed by atoms with Crippen LogP contribution in [0.3, 0.4) is 0 Å². The number of rotatable bonds is 7. The van der Waals surface area contributed by atoms with Gasteiger partial charge in [0.25, 0.3) is 10.0 Å². The Kier molecular flexibility index (Phi) is 5.54. The Balaban J connectivity index is 2.85. The molecule has 1 unspecified atom stereocenters. The molecule has 1 aromatic rings. The lowest BCUT2D eigenvalue weighted by molar-refractivity contribution is -0.136. The zero-order chi connectivity index (χ0) is 14.5. The Labute approximate surface area is 116 Å². The standard InChI is InChI=1S/C12H15NO4S2/c1-3-5-9(4-2)13-19(16,17)12-7-6-10(18-12)8-11(14)15/h2,6-7,9,13H,3,5,8H2,1H3,(H,14,15). The van der Waals surface area contributed by atoms with E-state index in [9.17, 15) is 13.2 Å². The van der Waals surface area contributed by atoms with Crippen LogP contribution in [-0.4, -0.2) is 25.5 Å². The Morgan fingerprint density at radius 3 is 2.79 bits per heavy atom. The minimum atomic E-state index is -3.68. The van der Waals surface area contributed by atoms with E-state index in [2.05, 4.69) is 10.6 Å². The van der Waals surface area contributed by atoms with Crippen LogP contribution < -0.4 is 4.72 Å². The monoisotopic (exact) mass is 301 g/mol. The van der Waals surface area contributed by atoms with Crippen LogP contribution in [0, 0.1) is 12.3 Å². The van der Waals surface area contributed by atoms with E-state index in [0.717, 1.165) is 17.8 Å². The van der Waals surface area contributed by atoms with Crippen LogP contribution in [0.4, 0.5) is 0 Å². The lowest BCUT2D eigenvalue weighted by Crippen LogP contribution is -2.33. The van der Waals surface area contributed by atoms with Crippen molar-refractivity contribution in [2.75, 3.05) is 0 Å². The predicted molar refractivity (Wildman–Crippen MR) is 73.5 cm³/mol. The molecule has 1 atom stereocenters. The number of nitrogens with one attached hydrogen (secondary N) is 1. The summed E-state index contributed by atoms with van der Waals surface area (Å²) >= 11 is 0.939. The Bertz CT molecular complexity index is 583. The highest BCUT2D eigenvalue weighted by atomic mass is 32.2. The molecule has 2 N–H and O–H groups in total. The molecule has 19 heavy (non-hydrogen) atoms. The van der Waals surface area contributed by atoms with Gasteiger partial charge in [0.05, 0.1) is 12.5 Å². The molecule has 0 saturated carbocycles. The fourth-order valence-corrected chi connectivity index (χ4v) is 4.01. The lowest BCUT2D eigenvalue weighted by Gasteiger charge is -2.11. The zero-order valence-corrected chi connectivity index (χ0v) is 12.1. The van der Waals surface area contributed by atoms with Crippen molar-refractivity contribution < 1.29 is 18.3 Å². The molecule has 0 saturated heterocycles. The maximum atomic E-state index is 12.0. The van der Waals surface area contributed by atoms with Crippen molar-refractivity contribution in [1.29, 1.82) is 0 Å². The Hall–Kier alpha value is -1.36. The van der Waals surface area contributed by atoms with Gasteiger partial charge in [-0.3, -0.25) is 4.79 Å². The van der Waals surface area contributed by atoms with Crippen molar-refractivity contribution in [1.82, 2.24) is 4.72 Å². The summed E-state index contributed by atoms with van der Waals surface area (Å²) in [5.41, 5.74) is 0. The minimum Gasteiger partial charge on any atom is -0.481 e. The van der Waals surface area contributed by atoms with Gasteiger partial charge in [-0.25, -0.2) is 8.42 Å². The van der Waals surface area contributed by atoms with E-state index in [4.69, 9.17) is 11.5 Å². The summed E-state index contributed by atoms with van der Waals surface area (Å²) < 4.78 is 26.6. The largest absolute Gasteiger partial charge is 0.481 e. The summed E-state index contributed by atoms with van der Waals surface area (Å²) in [5, 5.41) is 8.65. The average Bonchev–Trinajstić information content (AvgIpc) is 2.76. The second kappa shape index (κ2) is 6.70. The van der Waals surface area contributed by atoms with Gasteiger partial charge in [-0.2, -0.15) is 4.72 Å². The molecule has 0 aliphatic rings. The first kappa shape index (κ1) is 15.7. The Morgan fingerprint density at radius 2 is 2.26 bits per heavy atom. The number of carboxylic acid groups (broad SMARTS) is 1. The molecule has 5 nitrogen and oxygen atoms in total. The summed E-state index contributed by atoms with van der Waals surface area (Å²) in [6.07, 6.45) is 6.41. The van der Waals surface area contributed by atoms with Crippen LogP contribution in [0.5, 0.6) is 0 Å². The maximum absolute atomic E-state index is 12.0. The van der Waals surface area contributed by atoms with E-state index < -0.39 is 22.0 Å². The van der Waals surface area contributed by atoms with Crippen LogP contribution in [0.2, 0.25) is 0 Å². The first-order chi connectivity index (χ1) is 8.89. The van der Waals surface area contributed by atoms with Crippen molar-refractivity contribution >= 4 is 27.3 Å². The van der Waals surface area contributed by atoms with Crippen LogP contribution in [0.1, 0.15) is 24.6 Å². The van der Waals surface area contributed by atoms with E-state index in [1.54, 1.807) is 0 Å². The minimum absolute atomic E-state index is 0.0834. The third-order valence-corrected chi connectivity index (χ3v) is 5.35. The molecule has 1 rings (SSSR count). The average molecular weight is 301 g/mol. The van der Waals surface area contributed by atoms with Crippen molar-refractivity contribution in [3.05, 3.63) is 17.0 Å². The number of hydrogen-bond acceptors (Lipinski definition) is 4. The van der Waals surface area contributed by atoms with Crippen LogP contribution >= 0.6 is 11.3 Å². The van der Waals surface area contributed by atoms with Gasteiger partial charge in [0, 0.05) is 4.88 Å². The molecule has 7 heteroatoms. The van der Waals surface area contributed by atoms with Crippen LogP contribution in [0.25, 0.3) is 0 Å². The molecular formula is C12H15NO4S2. The van der Waals surface area contributed by atoms with Crippen molar-refractivity contribution in [3.8, 4) is 12.3 Å². The number of sulfonamides is 1. The fourth-order valence-electron chi connectivity index (χ4n) is 1.46. The molecule has 0 aliphatic carbocycles. The van der Waals surface area contributed by atoms with Crippen molar-refractivity contribution in [2.24, 2.45) is 0 Å². The third kappa shape index (κ3) is 4.67. The summed E-state index contributed by atoms with van der Waals surface area (Å²) in [5.74, 6) is 1.39. The van der Waals surface area contributed by atoms with Gasteiger partial charge >= 0.3 is 5.97 Å². The molecule has 0 fully saturated rings. The summed E-state index contributed by atoms with van der Waals surface area (Å²) in [4.78, 5) is 11.0. The molecule has 0 bridgehead atoms. The molecule has 0 spiro atoms. The molecule has 0 amide bonds. The van der Waals surface area contributed by atoms with Gasteiger partial charge in [-0.05, 0) is 18.6 Å². The van der Waals surface area contributed by atoms with Crippen LogP contribution in [-0.2, 0) is 21.2 Å². The van der Waals surface area contributed by atoms with E-state index in [1.165, 1.54) is 12.1 Å². The van der Waals surface area contributed by atoms with Crippen LogP contribution in [0.15, 0.2) is 16.3 Å². The first-order valence-corrected chi connectivity index (χ1v) is 7.98. The molecule has 0 aromatic carbocycles. The number of hydrogen-bond donors (Lipinski definition) is 2. The normalized spacial score (nSPS) is 12.8. The van der Waals surface area contributed by atoms with Gasteiger partial charge in [-0.1, -0.05) is 19.3 Å². The summed E-state index contributed by atoms with van der Waals surface area (Å²) in [7, 11) is -3.68. The second-order valence-electron chi connectivity index (χ2n) is 3.92. The summed E-state index contributed by atoms with van der Waals surface area (Å²) in [6, 6.07) is 2.35. The van der Waals surface area contributed by atoms with Gasteiger partial charge in [0.15, 0.2) is 0 Å². The smallest absolute Gasteiger partial charge is 0.308 e. The fraction of sp³-hybridized carbons (Fsp3) is 0.417. The zero-order valence-electron chi connectivity index (χ0n) is 10.4. The predicted octanol–water partition coefficient (Wildman–Crippen LogP) is 1.46. The van der Waals surface area contributed by atoms with Crippen molar-refractivity contribution in [2.45, 2.75) is 36.4 Å². The second-order valence-corrected chi connectivity index (χ2v) is 7.03. The quantitative estimate of drug-likeness (QED) is 0.747. The number of terminal acetylenes is 1. The molecule has 1 aromatic heterocycles.